The molecule has 1 N–H and O–H groups in total. The summed E-state index contributed by atoms with van der Waals surface area (Å²) in [6.45, 7) is 2.96. The lowest BCUT2D eigenvalue weighted by Crippen LogP contribution is -2.40. The van der Waals surface area contributed by atoms with Crippen LogP contribution >= 0.6 is 0 Å². The molecule has 6 nitrogen and oxygen atoms in total. The molecule has 1 aliphatic heterocycles. The van der Waals surface area contributed by atoms with Gasteiger partial charge in [-0.3, -0.25) is 0 Å². The van der Waals surface area contributed by atoms with Gasteiger partial charge in [-0.05, 0) is 37.5 Å². The van der Waals surface area contributed by atoms with Crippen LogP contribution in [0.4, 0.5) is 0 Å². The van der Waals surface area contributed by atoms with Crippen LogP contribution in [0.25, 0.3) is 0 Å². The predicted octanol–water partition coefficient (Wildman–Crippen LogP) is 2.49. The second kappa shape index (κ2) is 7.89. The Morgan fingerprint density at radius 1 is 1.32 bits per heavy atom. The zero-order valence-electron chi connectivity index (χ0n) is 15.4. The smallest absolute Gasteiger partial charge is 0.160 e. The summed E-state index contributed by atoms with van der Waals surface area (Å²) in [7, 11) is 5.32. The lowest BCUT2D eigenvalue weighted by molar-refractivity contribution is 0.0876. The fourth-order valence-electron chi connectivity index (χ4n) is 3.45. The quantitative estimate of drug-likeness (QED) is 0.835. The molecule has 0 amide bonds. The SMILES string of the molecule is COc1ccc(C[C@@H](C)N[C@H]2CCO[C@@H]2c2nccn2C)cc1OC. The van der Waals surface area contributed by atoms with E-state index < -0.39 is 0 Å². The van der Waals surface area contributed by atoms with E-state index in [0.717, 1.165) is 36.8 Å². The van der Waals surface area contributed by atoms with Crippen LogP contribution in [0.2, 0.25) is 0 Å². The molecule has 0 unspecified atom stereocenters. The Labute approximate surface area is 149 Å². The van der Waals surface area contributed by atoms with Gasteiger partial charge in [-0.25, -0.2) is 4.98 Å². The molecule has 1 saturated heterocycles. The highest BCUT2D eigenvalue weighted by Crippen LogP contribution is 2.30. The second-order valence-corrected chi connectivity index (χ2v) is 6.54. The summed E-state index contributed by atoms with van der Waals surface area (Å²) in [5, 5.41) is 3.71. The van der Waals surface area contributed by atoms with Crippen LogP contribution in [0, 0.1) is 0 Å². The first kappa shape index (κ1) is 17.8. The van der Waals surface area contributed by atoms with Gasteiger partial charge in [0.1, 0.15) is 11.9 Å². The fraction of sp³-hybridized carbons (Fsp3) is 0.526. The Bertz CT molecular complexity index is 701. The van der Waals surface area contributed by atoms with Gasteiger partial charge >= 0.3 is 0 Å². The van der Waals surface area contributed by atoms with Crippen LogP contribution in [0.1, 0.15) is 30.8 Å². The topological polar surface area (TPSA) is 57.5 Å². The Morgan fingerprint density at radius 2 is 2.12 bits per heavy atom. The van der Waals surface area contributed by atoms with Crippen molar-refractivity contribution in [3.8, 4) is 11.5 Å². The molecule has 0 saturated carbocycles. The van der Waals surface area contributed by atoms with Gasteiger partial charge < -0.3 is 24.1 Å². The average Bonchev–Trinajstić information content (AvgIpc) is 3.23. The van der Waals surface area contributed by atoms with Crippen LogP contribution in [-0.4, -0.2) is 42.5 Å². The number of imidazole rings is 1. The second-order valence-electron chi connectivity index (χ2n) is 6.54. The number of aryl methyl sites for hydroxylation is 1. The number of benzene rings is 1. The summed E-state index contributed by atoms with van der Waals surface area (Å²) in [4.78, 5) is 4.45. The molecular formula is C19H27N3O3. The largest absolute Gasteiger partial charge is 0.493 e. The minimum atomic E-state index is 0.00727. The molecule has 1 aliphatic rings. The van der Waals surface area contributed by atoms with Crippen molar-refractivity contribution in [3.05, 3.63) is 42.0 Å². The van der Waals surface area contributed by atoms with Crippen LogP contribution in [-0.2, 0) is 18.2 Å². The number of nitrogens with zero attached hydrogens (tertiary/aromatic N) is 2. The molecule has 0 radical (unpaired) electrons. The van der Waals surface area contributed by atoms with E-state index in [2.05, 4.69) is 23.3 Å². The van der Waals surface area contributed by atoms with Gasteiger partial charge in [0.2, 0.25) is 0 Å². The first-order valence-electron chi connectivity index (χ1n) is 8.68. The standard InChI is InChI=1S/C19H27N3O3/c1-13(11-14-5-6-16(23-3)17(12-14)24-4)21-15-7-10-25-18(15)19-20-8-9-22(19)2/h5-6,8-9,12-13,15,18,21H,7,10-11H2,1-4H3/t13-,15+,18+/m1/s1. The molecule has 1 fully saturated rings. The van der Waals surface area contributed by atoms with Gasteiger partial charge in [0.15, 0.2) is 11.5 Å². The van der Waals surface area contributed by atoms with Crippen molar-refractivity contribution in [3.63, 3.8) is 0 Å². The fourth-order valence-corrected chi connectivity index (χ4v) is 3.45. The van der Waals surface area contributed by atoms with E-state index in [9.17, 15) is 0 Å². The summed E-state index contributed by atoms with van der Waals surface area (Å²) < 4.78 is 18.7. The number of methoxy groups -OCH3 is 2. The molecule has 25 heavy (non-hydrogen) atoms. The number of hydrogen-bond donors (Lipinski definition) is 1. The third-order valence-corrected chi connectivity index (χ3v) is 4.69. The van der Waals surface area contributed by atoms with Crippen molar-refractivity contribution in [2.75, 3.05) is 20.8 Å². The van der Waals surface area contributed by atoms with Crippen molar-refractivity contribution >= 4 is 0 Å². The van der Waals surface area contributed by atoms with Crippen molar-refractivity contribution in [2.24, 2.45) is 7.05 Å². The van der Waals surface area contributed by atoms with Crippen molar-refractivity contribution in [1.82, 2.24) is 14.9 Å². The highest BCUT2D eigenvalue weighted by Gasteiger charge is 2.33. The minimum absolute atomic E-state index is 0.00727. The molecule has 136 valence electrons. The monoisotopic (exact) mass is 345 g/mol. The van der Waals surface area contributed by atoms with Crippen LogP contribution < -0.4 is 14.8 Å². The first-order valence-corrected chi connectivity index (χ1v) is 8.68. The third kappa shape index (κ3) is 3.96. The van der Waals surface area contributed by atoms with Gasteiger partial charge in [-0.15, -0.1) is 0 Å². The third-order valence-electron chi connectivity index (χ3n) is 4.69. The molecule has 3 atom stereocenters. The number of ether oxygens (including phenoxy) is 3. The van der Waals surface area contributed by atoms with Gasteiger partial charge in [0, 0.05) is 38.1 Å². The number of aromatic nitrogens is 2. The van der Waals surface area contributed by atoms with E-state index in [0.29, 0.717) is 6.04 Å². The molecule has 3 rings (SSSR count). The molecule has 1 aromatic heterocycles. The molecule has 6 heteroatoms. The number of rotatable bonds is 7. The van der Waals surface area contributed by atoms with Crippen LogP contribution in [0.3, 0.4) is 0 Å². The summed E-state index contributed by atoms with van der Waals surface area (Å²) >= 11 is 0. The average molecular weight is 345 g/mol. The zero-order valence-corrected chi connectivity index (χ0v) is 15.4. The summed E-state index contributed by atoms with van der Waals surface area (Å²) in [6, 6.07) is 6.67. The van der Waals surface area contributed by atoms with E-state index in [1.165, 1.54) is 5.56 Å². The zero-order chi connectivity index (χ0) is 17.8. The van der Waals surface area contributed by atoms with Crippen LogP contribution in [0.15, 0.2) is 30.6 Å². The molecule has 2 aromatic rings. The highest BCUT2D eigenvalue weighted by molar-refractivity contribution is 5.43. The lowest BCUT2D eigenvalue weighted by atomic mass is 10.0. The van der Waals surface area contributed by atoms with E-state index in [1.807, 2.05) is 36.1 Å². The van der Waals surface area contributed by atoms with Gasteiger partial charge in [-0.1, -0.05) is 6.07 Å². The van der Waals surface area contributed by atoms with Gasteiger partial charge in [0.05, 0.1) is 14.2 Å². The maximum Gasteiger partial charge on any atom is 0.160 e. The first-order chi connectivity index (χ1) is 12.1. The normalized spacial score (nSPS) is 21.3. The number of nitrogens with one attached hydrogen (secondary N) is 1. The van der Waals surface area contributed by atoms with E-state index >= 15 is 0 Å². The lowest BCUT2D eigenvalue weighted by Gasteiger charge is -2.24. The van der Waals surface area contributed by atoms with Gasteiger partial charge in [0.25, 0.3) is 0 Å². The summed E-state index contributed by atoms with van der Waals surface area (Å²) in [5.41, 5.74) is 1.21. The Hall–Kier alpha value is -2.05. The molecule has 0 spiro atoms. The minimum Gasteiger partial charge on any atom is -0.493 e. The van der Waals surface area contributed by atoms with E-state index in [1.54, 1.807) is 14.2 Å². The molecule has 1 aromatic carbocycles. The molecule has 0 aliphatic carbocycles. The van der Waals surface area contributed by atoms with E-state index in [4.69, 9.17) is 14.2 Å². The maximum absolute atomic E-state index is 5.93. The Morgan fingerprint density at radius 3 is 2.80 bits per heavy atom. The van der Waals surface area contributed by atoms with E-state index in [-0.39, 0.29) is 12.1 Å². The van der Waals surface area contributed by atoms with Crippen molar-refractivity contribution in [2.45, 2.75) is 38.0 Å². The number of hydrogen-bond acceptors (Lipinski definition) is 5. The van der Waals surface area contributed by atoms with Crippen molar-refractivity contribution < 1.29 is 14.2 Å². The summed E-state index contributed by atoms with van der Waals surface area (Å²) in [5.74, 6) is 2.50. The molecule has 2 heterocycles. The predicted molar refractivity (Wildman–Crippen MR) is 96.2 cm³/mol. The van der Waals surface area contributed by atoms with Crippen LogP contribution in [0.5, 0.6) is 11.5 Å². The molecule has 0 bridgehead atoms. The Balaban J connectivity index is 1.64. The summed E-state index contributed by atoms with van der Waals surface area (Å²) in [6.07, 6.45) is 5.69. The van der Waals surface area contributed by atoms with Crippen molar-refractivity contribution in [1.29, 1.82) is 0 Å². The Kier molecular flexibility index (Phi) is 5.60. The van der Waals surface area contributed by atoms with Gasteiger partial charge in [-0.2, -0.15) is 0 Å². The molecular weight excluding hydrogens is 318 g/mol. The maximum atomic E-state index is 5.93. The highest BCUT2D eigenvalue weighted by atomic mass is 16.5.